The normalized spacial score (nSPS) is 26.4. The van der Waals surface area contributed by atoms with Crippen molar-refractivity contribution in [2.24, 2.45) is 5.41 Å². The van der Waals surface area contributed by atoms with Crippen molar-refractivity contribution in [2.75, 3.05) is 26.2 Å². The third-order valence-corrected chi connectivity index (χ3v) is 3.60. The fourth-order valence-corrected chi connectivity index (χ4v) is 2.59. The molecule has 1 aliphatic carbocycles. The third kappa shape index (κ3) is 6.58. The van der Waals surface area contributed by atoms with Crippen molar-refractivity contribution in [1.29, 1.82) is 0 Å². The zero-order valence-electron chi connectivity index (χ0n) is 12.3. The first kappa shape index (κ1) is 16.0. The summed E-state index contributed by atoms with van der Waals surface area (Å²) in [6.07, 6.45) is 14.5. The lowest BCUT2D eigenvalue weighted by molar-refractivity contribution is -0.128. The fraction of sp³-hybridized carbons (Fsp3) is 0.688. The molecule has 1 heterocycles. The Kier molecular flexibility index (Phi) is 7.49. The van der Waals surface area contributed by atoms with Crippen LogP contribution in [0.3, 0.4) is 0 Å². The van der Waals surface area contributed by atoms with Gasteiger partial charge in [0.15, 0.2) is 0 Å². The Morgan fingerprint density at radius 2 is 2.00 bits per heavy atom. The number of piperidine rings is 1. The molecule has 2 rings (SSSR count). The molecular weight excluding hydrogens is 238 g/mol. The highest BCUT2D eigenvalue weighted by atomic mass is 16.5. The predicted molar refractivity (Wildman–Crippen MR) is 79.0 cm³/mol. The second kappa shape index (κ2) is 8.92. The lowest BCUT2D eigenvalue weighted by atomic mass is 9.83. The highest BCUT2D eigenvalue weighted by Crippen LogP contribution is 2.29. The summed E-state index contributed by atoms with van der Waals surface area (Å²) in [5.41, 5.74) is 0.395. The number of carbonyl (C=O) groups is 1. The van der Waals surface area contributed by atoms with Crippen LogP contribution in [0.4, 0.5) is 0 Å². The van der Waals surface area contributed by atoms with Gasteiger partial charge in [-0.2, -0.15) is 0 Å². The molecule has 0 bridgehead atoms. The maximum Gasteiger partial charge on any atom is 0.293 e. The highest BCUT2D eigenvalue weighted by Gasteiger charge is 2.24. The van der Waals surface area contributed by atoms with E-state index in [0.29, 0.717) is 18.5 Å². The van der Waals surface area contributed by atoms with Gasteiger partial charge in [-0.15, -0.1) is 0 Å². The third-order valence-electron chi connectivity index (χ3n) is 3.60. The SMILES string of the molecule is CC1(CN2CCCCC2)C=CC=CC1.CCOC=O. The Morgan fingerprint density at radius 1 is 1.26 bits per heavy atom. The standard InChI is InChI=1S/C13H21N.C3H6O2/c1-13(8-4-2-5-9-13)12-14-10-6-3-7-11-14;1-2-5-3-4/h2,4-5,8H,3,6-7,9-12H2,1H3;3H,2H2,1H3. The van der Waals surface area contributed by atoms with Crippen molar-refractivity contribution in [3.05, 3.63) is 24.3 Å². The molecule has 0 saturated carbocycles. The summed E-state index contributed by atoms with van der Waals surface area (Å²) in [4.78, 5) is 11.8. The summed E-state index contributed by atoms with van der Waals surface area (Å²) >= 11 is 0. The zero-order valence-corrected chi connectivity index (χ0v) is 12.3. The molecule has 2 aliphatic rings. The van der Waals surface area contributed by atoms with Crippen LogP contribution >= 0.6 is 0 Å². The molecule has 108 valence electrons. The molecule has 0 aromatic rings. The average molecular weight is 265 g/mol. The molecule has 1 atom stereocenters. The largest absolute Gasteiger partial charge is 0.468 e. The topological polar surface area (TPSA) is 29.5 Å². The van der Waals surface area contributed by atoms with Gasteiger partial charge >= 0.3 is 0 Å². The summed E-state index contributed by atoms with van der Waals surface area (Å²) in [6, 6.07) is 0. The van der Waals surface area contributed by atoms with Crippen molar-refractivity contribution in [1.82, 2.24) is 4.90 Å². The highest BCUT2D eigenvalue weighted by molar-refractivity contribution is 5.36. The minimum absolute atomic E-state index is 0.395. The van der Waals surface area contributed by atoms with E-state index in [-0.39, 0.29) is 0 Å². The minimum Gasteiger partial charge on any atom is -0.468 e. The number of hydrogen-bond donors (Lipinski definition) is 0. The van der Waals surface area contributed by atoms with Gasteiger partial charge in [-0.3, -0.25) is 4.79 Å². The smallest absolute Gasteiger partial charge is 0.293 e. The van der Waals surface area contributed by atoms with Gasteiger partial charge in [-0.25, -0.2) is 0 Å². The number of nitrogens with zero attached hydrogens (tertiary/aromatic N) is 1. The van der Waals surface area contributed by atoms with Crippen molar-refractivity contribution < 1.29 is 9.53 Å². The molecule has 0 spiro atoms. The van der Waals surface area contributed by atoms with Crippen LogP contribution in [0.25, 0.3) is 0 Å². The molecule has 1 saturated heterocycles. The van der Waals surface area contributed by atoms with E-state index in [0.717, 1.165) is 0 Å². The lowest BCUT2D eigenvalue weighted by Gasteiger charge is -2.35. The van der Waals surface area contributed by atoms with Gasteiger partial charge in [0.25, 0.3) is 6.47 Å². The van der Waals surface area contributed by atoms with Gasteiger partial charge in [0, 0.05) is 12.0 Å². The maximum atomic E-state index is 9.18. The first-order valence-corrected chi connectivity index (χ1v) is 7.32. The first-order chi connectivity index (χ1) is 9.20. The molecule has 3 nitrogen and oxygen atoms in total. The van der Waals surface area contributed by atoms with Gasteiger partial charge in [0.2, 0.25) is 0 Å². The second-order valence-corrected chi connectivity index (χ2v) is 5.53. The minimum atomic E-state index is 0.395. The second-order valence-electron chi connectivity index (χ2n) is 5.53. The Balaban J connectivity index is 0.000000312. The Labute approximate surface area is 117 Å². The summed E-state index contributed by atoms with van der Waals surface area (Å²) in [5.74, 6) is 0. The van der Waals surface area contributed by atoms with Gasteiger partial charge in [-0.1, -0.05) is 37.6 Å². The van der Waals surface area contributed by atoms with Crippen molar-refractivity contribution in [3.8, 4) is 0 Å². The number of ether oxygens (including phenoxy) is 1. The van der Waals surface area contributed by atoms with Crippen molar-refractivity contribution >= 4 is 6.47 Å². The van der Waals surface area contributed by atoms with Gasteiger partial charge in [0.1, 0.15) is 0 Å². The van der Waals surface area contributed by atoms with Gasteiger partial charge in [0.05, 0.1) is 6.61 Å². The molecule has 1 aliphatic heterocycles. The van der Waals surface area contributed by atoms with E-state index in [9.17, 15) is 4.79 Å². The van der Waals surface area contributed by atoms with Gasteiger partial charge < -0.3 is 9.64 Å². The van der Waals surface area contributed by atoms with Crippen molar-refractivity contribution in [2.45, 2.75) is 39.5 Å². The fourth-order valence-electron chi connectivity index (χ4n) is 2.59. The number of rotatable bonds is 4. The first-order valence-electron chi connectivity index (χ1n) is 7.32. The average Bonchev–Trinajstić information content (AvgIpc) is 2.42. The Hall–Kier alpha value is -1.09. The van der Waals surface area contributed by atoms with E-state index >= 15 is 0 Å². The molecule has 0 aromatic carbocycles. The predicted octanol–water partition coefficient (Wildman–Crippen LogP) is 3.17. The maximum absolute atomic E-state index is 9.18. The number of hydrogen-bond acceptors (Lipinski definition) is 3. The van der Waals surface area contributed by atoms with E-state index in [1.807, 2.05) is 0 Å². The van der Waals surface area contributed by atoms with Gasteiger partial charge in [-0.05, 0) is 39.3 Å². The molecule has 1 unspecified atom stereocenters. The van der Waals surface area contributed by atoms with Crippen LogP contribution in [0.1, 0.15) is 39.5 Å². The van der Waals surface area contributed by atoms with E-state index in [2.05, 4.69) is 40.9 Å². The molecule has 3 heteroatoms. The van der Waals surface area contributed by atoms with Crippen LogP contribution in [0, 0.1) is 5.41 Å². The summed E-state index contributed by atoms with van der Waals surface area (Å²) in [6.45, 7) is 8.91. The summed E-state index contributed by atoms with van der Waals surface area (Å²) < 4.78 is 4.15. The van der Waals surface area contributed by atoms with Crippen LogP contribution in [0.2, 0.25) is 0 Å². The Bertz CT molecular complexity index is 306. The van der Waals surface area contributed by atoms with E-state index in [1.54, 1.807) is 6.92 Å². The lowest BCUT2D eigenvalue weighted by Crippen LogP contribution is -2.38. The molecule has 0 amide bonds. The van der Waals surface area contributed by atoms with Crippen LogP contribution in [-0.4, -0.2) is 37.6 Å². The van der Waals surface area contributed by atoms with Crippen LogP contribution < -0.4 is 0 Å². The van der Waals surface area contributed by atoms with E-state index in [1.165, 1.54) is 45.3 Å². The number of allylic oxidation sites excluding steroid dienone is 3. The monoisotopic (exact) mass is 265 g/mol. The van der Waals surface area contributed by atoms with Crippen LogP contribution in [-0.2, 0) is 9.53 Å². The van der Waals surface area contributed by atoms with Crippen molar-refractivity contribution in [3.63, 3.8) is 0 Å². The molecule has 0 aromatic heterocycles. The van der Waals surface area contributed by atoms with E-state index < -0.39 is 0 Å². The summed E-state index contributed by atoms with van der Waals surface area (Å²) in [7, 11) is 0. The van der Waals surface area contributed by atoms with Crippen LogP contribution in [0.5, 0.6) is 0 Å². The molecule has 0 N–H and O–H groups in total. The zero-order chi connectivity index (χ0) is 14.0. The van der Waals surface area contributed by atoms with Crippen LogP contribution in [0.15, 0.2) is 24.3 Å². The molecule has 19 heavy (non-hydrogen) atoms. The summed E-state index contributed by atoms with van der Waals surface area (Å²) in [5, 5.41) is 0. The quantitative estimate of drug-likeness (QED) is 0.731. The number of carbonyl (C=O) groups excluding carboxylic acids is 1. The number of likely N-dealkylation sites (tertiary alicyclic amines) is 1. The van der Waals surface area contributed by atoms with E-state index in [4.69, 9.17) is 0 Å². The molecular formula is C16H27NO2. The molecule has 1 fully saturated rings. The molecule has 0 radical (unpaired) electrons. The Morgan fingerprint density at radius 3 is 2.47 bits per heavy atom.